The molecule has 0 aromatic rings. The third-order valence-electron chi connectivity index (χ3n) is 6.58. The highest BCUT2D eigenvalue weighted by Gasteiger charge is 2.34. The summed E-state index contributed by atoms with van der Waals surface area (Å²) in [4.78, 5) is 0. The lowest BCUT2D eigenvalue weighted by Gasteiger charge is -2.39. The predicted octanol–water partition coefficient (Wildman–Crippen LogP) is 5.71. The van der Waals surface area contributed by atoms with Gasteiger partial charge in [-0.25, -0.2) is 0 Å². The second kappa shape index (κ2) is 10.1. The van der Waals surface area contributed by atoms with Crippen molar-refractivity contribution < 1.29 is 12.6 Å². The summed E-state index contributed by atoms with van der Waals surface area (Å²) >= 11 is 0. The van der Waals surface area contributed by atoms with E-state index >= 15 is 0 Å². The SMILES string of the molecule is CC=CCCC1CCC(C2CCC(C(CC)OS(C)(=O)=O)CC2)CC1. The van der Waals surface area contributed by atoms with E-state index in [2.05, 4.69) is 19.1 Å². The maximum Gasteiger partial charge on any atom is 0.264 e. The molecule has 146 valence electrons. The molecule has 0 aromatic carbocycles. The van der Waals surface area contributed by atoms with Gasteiger partial charge in [0.1, 0.15) is 0 Å². The number of allylic oxidation sites excluding steroid dienone is 2. The van der Waals surface area contributed by atoms with Crippen LogP contribution in [0.5, 0.6) is 0 Å². The van der Waals surface area contributed by atoms with Crippen molar-refractivity contribution >= 4 is 10.1 Å². The quantitative estimate of drug-likeness (QED) is 0.406. The molecule has 0 aliphatic heterocycles. The van der Waals surface area contributed by atoms with Gasteiger partial charge >= 0.3 is 0 Å². The average Bonchev–Trinajstić information content (AvgIpc) is 2.60. The molecule has 0 N–H and O–H groups in total. The van der Waals surface area contributed by atoms with Gasteiger partial charge in [0.05, 0.1) is 12.4 Å². The molecule has 3 nitrogen and oxygen atoms in total. The van der Waals surface area contributed by atoms with Crippen LogP contribution in [0.4, 0.5) is 0 Å². The van der Waals surface area contributed by atoms with Crippen molar-refractivity contribution in [3.8, 4) is 0 Å². The molecule has 2 saturated carbocycles. The van der Waals surface area contributed by atoms with E-state index in [0.29, 0.717) is 5.92 Å². The summed E-state index contributed by atoms with van der Waals surface area (Å²) in [6, 6.07) is 0. The maximum absolute atomic E-state index is 11.5. The Hall–Kier alpha value is -0.350. The lowest BCUT2D eigenvalue weighted by Crippen LogP contribution is -2.32. The van der Waals surface area contributed by atoms with Gasteiger partial charge in [-0.2, -0.15) is 8.42 Å². The summed E-state index contributed by atoms with van der Waals surface area (Å²) < 4.78 is 28.2. The van der Waals surface area contributed by atoms with Crippen molar-refractivity contribution in [3.63, 3.8) is 0 Å². The molecule has 2 aliphatic carbocycles. The molecule has 2 fully saturated rings. The van der Waals surface area contributed by atoms with Gasteiger partial charge in [0, 0.05) is 0 Å². The number of rotatable bonds is 8. The van der Waals surface area contributed by atoms with Gasteiger partial charge in [0.25, 0.3) is 10.1 Å². The standard InChI is InChI=1S/C21H38O3S/c1-4-6-7-8-17-9-11-18(12-10-17)19-13-15-20(16-14-19)21(5-2)24-25(3,22)23/h4,6,17-21H,5,7-16H2,1-3H3. The van der Waals surface area contributed by atoms with Crippen LogP contribution in [0.3, 0.4) is 0 Å². The molecule has 0 spiro atoms. The minimum absolute atomic E-state index is 0.113. The Bertz CT molecular complexity index is 495. The van der Waals surface area contributed by atoms with Gasteiger partial charge in [-0.1, -0.05) is 31.9 Å². The first-order chi connectivity index (χ1) is 11.9. The molecule has 0 amide bonds. The van der Waals surface area contributed by atoms with Crippen molar-refractivity contribution in [2.45, 2.75) is 90.6 Å². The summed E-state index contributed by atoms with van der Waals surface area (Å²) in [5.74, 6) is 3.14. The second-order valence-electron chi connectivity index (χ2n) is 8.35. The van der Waals surface area contributed by atoms with Crippen LogP contribution in [-0.2, 0) is 14.3 Å². The summed E-state index contributed by atoms with van der Waals surface area (Å²) in [7, 11) is -3.34. The van der Waals surface area contributed by atoms with E-state index in [1.165, 1.54) is 57.6 Å². The highest BCUT2D eigenvalue weighted by molar-refractivity contribution is 7.86. The minimum Gasteiger partial charge on any atom is -0.267 e. The molecule has 0 aromatic heterocycles. The lowest BCUT2D eigenvalue weighted by atomic mass is 9.68. The number of hydrogen-bond donors (Lipinski definition) is 0. The number of hydrogen-bond acceptors (Lipinski definition) is 3. The topological polar surface area (TPSA) is 43.4 Å². The van der Waals surface area contributed by atoms with Crippen LogP contribution in [0, 0.1) is 23.7 Å². The van der Waals surface area contributed by atoms with E-state index in [1.807, 2.05) is 6.92 Å². The van der Waals surface area contributed by atoms with Crippen molar-refractivity contribution in [2.75, 3.05) is 6.26 Å². The highest BCUT2D eigenvalue weighted by atomic mass is 32.2. The van der Waals surface area contributed by atoms with Gasteiger partial charge < -0.3 is 0 Å². The van der Waals surface area contributed by atoms with E-state index in [4.69, 9.17) is 4.18 Å². The van der Waals surface area contributed by atoms with Crippen LogP contribution in [0.2, 0.25) is 0 Å². The Morgan fingerprint density at radius 3 is 2.04 bits per heavy atom. The van der Waals surface area contributed by atoms with Crippen LogP contribution in [-0.4, -0.2) is 20.8 Å². The smallest absolute Gasteiger partial charge is 0.264 e. The summed E-state index contributed by atoms with van der Waals surface area (Å²) in [5, 5.41) is 0. The zero-order chi connectivity index (χ0) is 18.3. The Morgan fingerprint density at radius 2 is 1.56 bits per heavy atom. The monoisotopic (exact) mass is 370 g/mol. The summed E-state index contributed by atoms with van der Waals surface area (Å²) in [6.45, 7) is 4.15. The van der Waals surface area contributed by atoms with E-state index in [1.54, 1.807) is 0 Å². The van der Waals surface area contributed by atoms with Crippen LogP contribution >= 0.6 is 0 Å². The zero-order valence-electron chi connectivity index (χ0n) is 16.5. The van der Waals surface area contributed by atoms with Crippen molar-refractivity contribution in [1.29, 1.82) is 0 Å². The van der Waals surface area contributed by atoms with Gasteiger partial charge in [0.15, 0.2) is 0 Å². The van der Waals surface area contributed by atoms with Crippen LogP contribution in [0.1, 0.15) is 84.5 Å². The molecule has 1 unspecified atom stereocenters. The third kappa shape index (κ3) is 7.05. The van der Waals surface area contributed by atoms with Crippen molar-refractivity contribution in [3.05, 3.63) is 12.2 Å². The summed E-state index contributed by atoms with van der Waals surface area (Å²) in [6.07, 6.45) is 19.4. The third-order valence-corrected chi connectivity index (χ3v) is 7.18. The van der Waals surface area contributed by atoms with Gasteiger partial charge in [-0.15, -0.1) is 0 Å². The molecule has 2 aliphatic rings. The molecule has 4 heteroatoms. The Morgan fingerprint density at radius 1 is 1.00 bits per heavy atom. The molecular formula is C21H38O3S. The fraction of sp³-hybridized carbons (Fsp3) is 0.905. The normalized spacial score (nSPS) is 32.8. The largest absolute Gasteiger partial charge is 0.267 e. The second-order valence-corrected chi connectivity index (χ2v) is 9.95. The van der Waals surface area contributed by atoms with Crippen molar-refractivity contribution in [2.24, 2.45) is 23.7 Å². The first-order valence-electron chi connectivity index (χ1n) is 10.4. The molecule has 1 atom stereocenters. The average molecular weight is 371 g/mol. The van der Waals surface area contributed by atoms with Gasteiger partial charge in [-0.05, 0) is 88.4 Å². The molecule has 25 heavy (non-hydrogen) atoms. The van der Waals surface area contributed by atoms with Crippen LogP contribution in [0.25, 0.3) is 0 Å². The van der Waals surface area contributed by atoms with Crippen molar-refractivity contribution in [1.82, 2.24) is 0 Å². The minimum atomic E-state index is -3.34. The maximum atomic E-state index is 11.5. The van der Waals surface area contributed by atoms with Gasteiger partial charge in [-0.3, -0.25) is 4.18 Å². The van der Waals surface area contributed by atoms with Crippen LogP contribution in [0.15, 0.2) is 12.2 Å². The van der Waals surface area contributed by atoms with Gasteiger partial charge in [0.2, 0.25) is 0 Å². The van der Waals surface area contributed by atoms with E-state index < -0.39 is 10.1 Å². The predicted molar refractivity (Wildman–Crippen MR) is 105 cm³/mol. The first kappa shape index (κ1) is 21.0. The van der Waals surface area contributed by atoms with Crippen LogP contribution < -0.4 is 0 Å². The highest BCUT2D eigenvalue weighted by Crippen LogP contribution is 2.43. The summed E-state index contributed by atoms with van der Waals surface area (Å²) in [5.41, 5.74) is 0. The lowest BCUT2D eigenvalue weighted by molar-refractivity contribution is 0.0750. The molecular weight excluding hydrogens is 332 g/mol. The molecule has 0 saturated heterocycles. The molecule has 0 bridgehead atoms. The molecule has 0 radical (unpaired) electrons. The van der Waals surface area contributed by atoms with E-state index in [0.717, 1.165) is 37.0 Å². The first-order valence-corrected chi connectivity index (χ1v) is 12.2. The fourth-order valence-corrected chi connectivity index (χ4v) is 5.88. The fourth-order valence-electron chi connectivity index (χ4n) is 5.14. The zero-order valence-corrected chi connectivity index (χ0v) is 17.3. The Balaban J connectivity index is 1.73. The Kier molecular flexibility index (Phi) is 8.47. The molecule has 0 heterocycles. The molecule has 2 rings (SSSR count). The Labute approximate surface area is 155 Å². The van der Waals surface area contributed by atoms with E-state index in [9.17, 15) is 8.42 Å². The van der Waals surface area contributed by atoms with E-state index in [-0.39, 0.29) is 6.10 Å².